The summed E-state index contributed by atoms with van der Waals surface area (Å²) in [7, 11) is -2.20. The Hall–Kier alpha value is -1.51. The SMILES string of the molecule is Cc1c([N+](=O)[O-])cccc1S(=O)(=O)N(C)C1CNC1. The van der Waals surface area contributed by atoms with Crippen LogP contribution in [0.5, 0.6) is 0 Å². The second-order valence-electron chi connectivity index (χ2n) is 4.49. The molecule has 0 aromatic heterocycles. The van der Waals surface area contributed by atoms with Crippen molar-refractivity contribution in [2.24, 2.45) is 0 Å². The molecule has 1 aromatic rings. The molecule has 1 saturated heterocycles. The molecule has 1 aliphatic heterocycles. The zero-order valence-corrected chi connectivity index (χ0v) is 11.5. The van der Waals surface area contributed by atoms with E-state index < -0.39 is 14.9 Å². The van der Waals surface area contributed by atoms with Gasteiger partial charge in [-0.1, -0.05) is 6.07 Å². The third-order valence-corrected chi connectivity index (χ3v) is 5.44. The van der Waals surface area contributed by atoms with Crippen LogP contribution in [-0.4, -0.2) is 43.8 Å². The first-order valence-corrected chi connectivity index (χ1v) is 7.22. The maximum Gasteiger partial charge on any atom is 0.273 e. The minimum Gasteiger partial charge on any atom is -0.313 e. The van der Waals surface area contributed by atoms with Crippen LogP contribution in [0.3, 0.4) is 0 Å². The van der Waals surface area contributed by atoms with E-state index in [1.165, 1.54) is 36.5 Å². The molecule has 104 valence electrons. The van der Waals surface area contributed by atoms with Crippen LogP contribution in [0.4, 0.5) is 5.69 Å². The van der Waals surface area contributed by atoms with Gasteiger partial charge in [0.25, 0.3) is 5.69 Å². The summed E-state index contributed by atoms with van der Waals surface area (Å²) in [6.45, 7) is 2.66. The molecule has 8 heteroatoms. The number of nitrogens with zero attached hydrogens (tertiary/aromatic N) is 2. The molecule has 1 aliphatic rings. The summed E-state index contributed by atoms with van der Waals surface area (Å²) in [5.74, 6) is 0. The van der Waals surface area contributed by atoms with Crippen LogP contribution in [0.1, 0.15) is 5.56 Å². The molecule has 0 bridgehead atoms. The summed E-state index contributed by atoms with van der Waals surface area (Å²) in [6, 6.07) is 4.01. The molecule has 7 nitrogen and oxygen atoms in total. The van der Waals surface area contributed by atoms with Crippen LogP contribution >= 0.6 is 0 Å². The molecule has 1 N–H and O–H groups in total. The maximum atomic E-state index is 12.4. The first-order valence-electron chi connectivity index (χ1n) is 5.78. The quantitative estimate of drug-likeness (QED) is 0.642. The molecule has 0 aliphatic carbocycles. The Morgan fingerprint density at radius 2 is 2.05 bits per heavy atom. The highest BCUT2D eigenvalue weighted by Gasteiger charge is 2.33. The van der Waals surface area contributed by atoms with Crippen LogP contribution in [0, 0.1) is 17.0 Å². The Bertz CT molecular complexity index is 610. The van der Waals surface area contributed by atoms with Gasteiger partial charge in [-0.3, -0.25) is 10.1 Å². The highest BCUT2D eigenvalue weighted by Crippen LogP contribution is 2.27. The summed E-state index contributed by atoms with van der Waals surface area (Å²) in [4.78, 5) is 10.3. The molecule has 0 atom stereocenters. The van der Waals surface area contributed by atoms with Crippen molar-refractivity contribution in [3.63, 3.8) is 0 Å². The lowest BCUT2D eigenvalue weighted by molar-refractivity contribution is -0.385. The fraction of sp³-hybridized carbons (Fsp3) is 0.455. The molecule has 1 aromatic carbocycles. The fourth-order valence-corrected chi connectivity index (χ4v) is 3.56. The van der Waals surface area contributed by atoms with Crippen LogP contribution in [0.25, 0.3) is 0 Å². The molecule has 0 radical (unpaired) electrons. The average Bonchev–Trinajstić information content (AvgIpc) is 2.26. The van der Waals surface area contributed by atoms with E-state index >= 15 is 0 Å². The van der Waals surface area contributed by atoms with E-state index in [1.54, 1.807) is 0 Å². The molecule has 0 unspecified atom stereocenters. The number of benzene rings is 1. The molecule has 0 spiro atoms. The highest BCUT2D eigenvalue weighted by molar-refractivity contribution is 7.89. The van der Waals surface area contributed by atoms with Gasteiger partial charge in [0.2, 0.25) is 10.0 Å². The molecule has 0 saturated carbocycles. The monoisotopic (exact) mass is 285 g/mol. The lowest BCUT2D eigenvalue weighted by Gasteiger charge is -2.34. The number of sulfonamides is 1. The molecule has 2 rings (SSSR count). The maximum absolute atomic E-state index is 12.4. The van der Waals surface area contributed by atoms with Crippen molar-refractivity contribution in [2.75, 3.05) is 20.1 Å². The Balaban J connectivity index is 2.46. The predicted molar refractivity (Wildman–Crippen MR) is 69.4 cm³/mol. The van der Waals surface area contributed by atoms with Gasteiger partial charge in [-0.05, 0) is 13.0 Å². The van der Waals surface area contributed by atoms with Crippen molar-refractivity contribution >= 4 is 15.7 Å². The zero-order valence-electron chi connectivity index (χ0n) is 10.7. The van der Waals surface area contributed by atoms with Crippen molar-refractivity contribution in [1.82, 2.24) is 9.62 Å². The lowest BCUT2D eigenvalue weighted by Crippen LogP contribution is -2.57. The minimum atomic E-state index is -3.70. The van der Waals surface area contributed by atoms with Gasteiger partial charge in [0, 0.05) is 37.8 Å². The summed E-state index contributed by atoms with van der Waals surface area (Å²) in [5.41, 5.74) is -0.00663. The Labute approximate surface area is 111 Å². The number of rotatable bonds is 4. The normalized spacial score (nSPS) is 16.4. The number of nitrogens with one attached hydrogen (secondary N) is 1. The Morgan fingerprint density at radius 1 is 1.42 bits per heavy atom. The van der Waals surface area contributed by atoms with Crippen molar-refractivity contribution in [1.29, 1.82) is 0 Å². The second kappa shape index (κ2) is 4.87. The number of nitro groups is 1. The van der Waals surface area contributed by atoms with Gasteiger partial charge in [-0.15, -0.1) is 0 Å². The van der Waals surface area contributed by atoms with Crippen molar-refractivity contribution < 1.29 is 13.3 Å². The van der Waals surface area contributed by atoms with E-state index in [-0.39, 0.29) is 22.2 Å². The van der Waals surface area contributed by atoms with Gasteiger partial charge in [-0.25, -0.2) is 8.42 Å². The third kappa shape index (κ3) is 2.34. The predicted octanol–water partition coefficient (Wildman–Crippen LogP) is 0.496. The van der Waals surface area contributed by atoms with Gasteiger partial charge in [0.1, 0.15) is 0 Å². The fourth-order valence-electron chi connectivity index (χ4n) is 1.96. The average molecular weight is 285 g/mol. The van der Waals surface area contributed by atoms with Crippen LogP contribution in [0.15, 0.2) is 23.1 Å². The summed E-state index contributed by atoms with van der Waals surface area (Å²) < 4.78 is 26.1. The minimum absolute atomic E-state index is 0.00361. The lowest BCUT2D eigenvalue weighted by atomic mass is 10.2. The smallest absolute Gasteiger partial charge is 0.273 e. The Morgan fingerprint density at radius 3 is 2.53 bits per heavy atom. The van der Waals surface area contributed by atoms with E-state index in [9.17, 15) is 18.5 Å². The molecule has 19 heavy (non-hydrogen) atoms. The van der Waals surface area contributed by atoms with Gasteiger partial charge >= 0.3 is 0 Å². The molecule has 1 heterocycles. The van der Waals surface area contributed by atoms with Gasteiger partial charge in [0.05, 0.1) is 9.82 Å². The van der Waals surface area contributed by atoms with E-state index in [0.717, 1.165) is 0 Å². The Kier molecular flexibility index (Phi) is 3.57. The topological polar surface area (TPSA) is 92.5 Å². The third-order valence-electron chi connectivity index (χ3n) is 3.38. The van der Waals surface area contributed by atoms with Crippen molar-refractivity contribution in [2.45, 2.75) is 17.9 Å². The molecular weight excluding hydrogens is 270 g/mol. The highest BCUT2D eigenvalue weighted by atomic mass is 32.2. The van der Waals surface area contributed by atoms with Crippen LogP contribution in [0.2, 0.25) is 0 Å². The zero-order chi connectivity index (χ0) is 14.2. The van der Waals surface area contributed by atoms with Crippen LogP contribution in [-0.2, 0) is 10.0 Å². The number of hydrogen-bond acceptors (Lipinski definition) is 5. The van der Waals surface area contributed by atoms with E-state index in [1.807, 2.05) is 0 Å². The van der Waals surface area contributed by atoms with Gasteiger partial charge in [-0.2, -0.15) is 4.31 Å². The largest absolute Gasteiger partial charge is 0.313 e. The number of nitro benzene ring substituents is 1. The van der Waals surface area contributed by atoms with Gasteiger partial charge in [0.15, 0.2) is 0 Å². The molecule has 0 amide bonds. The summed E-state index contributed by atoms with van der Waals surface area (Å²) >= 11 is 0. The van der Waals surface area contributed by atoms with E-state index in [2.05, 4.69) is 5.32 Å². The number of hydrogen-bond donors (Lipinski definition) is 1. The van der Waals surface area contributed by atoms with Gasteiger partial charge < -0.3 is 5.32 Å². The second-order valence-corrected chi connectivity index (χ2v) is 6.46. The summed E-state index contributed by atoms with van der Waals surface area (Å²) in [5, 5.41) is 13.9. The number of likely N-dealkylation sites (N-methyl/N-ethyl adjacent to an activating group) is 1. The molecular formula is C11H15N3O4S. The van der Waals surface area contributed by atoms with E-state index in [4.69, 9.17) is 0 Å². The first-order chi connectivity index (χ1) is 8.85. The summed E-state index contributed by atoms with van der Waals surface area (Å²) in [6.07, 6.45) is 0. The van der Waals surface area contributed by atoms with E-state index in [0.29, 0.717) is 13.1 Å². The molecule has 1 fully saturated rings. The van der Waals surface area contributed by atoms with Crippen molar-refractivity contribution in [3.05, 3.63) is 33.9 Å². The van der Waals surface area contributed by atoms with Crippen molar-refractivity contribution in [3.8, 4) is 0 Å². The van der Waals surface area contributed by atoms with Crippen LogP contribution < -0.4 is 5.32 Å². The first kappa shape index (κ1) is 13.9. The standard InChI is InChI=1S/C11H15N3O4S/c1-8-10(14(15)16)4-3-5-11(8)19(17,18)13(2)9-6-12-7-9/h3-5,9,12H,6-7H2,1-2H3.